The number of carbonyl (C=O) groups excluding carboxylic acids is 1. The average Bonchev–Trinajstić information content (AvgIpc) is 2.03. The third-order valence-electron chi connectivity index (χ3n) is 1.76. The highest BCUT2D eigenvalue weighted by Crippen LogP contribution is 2.21. The van der Waals surface area contributed by atoms with E-state index in [4.69, 9.17) is 0 Å². The second kappa shape index (κ2) is 4.28. The van der Waals surface area contributed by atoms with Crippen molar-refractivity contribution in [3.63, 3.8) is 0 Å². The maximum Gasteiger partial charge on any atom is 0.153 e. The van der Waals surface area contributed by atoms with Crippen LogP contribution in [0.4, 0.5) is 0 Å². The Labute approximate surface area is 83.9 Å². The fourth-order valence-electron chi connectivity index (χ4n) is 1.13. The highest BCUT2D eigenvalue weighted by Gasteiger charge is 2.00. The van der Waals surface area contributed by atoms with Crippen molar-refractivity contribution in [3.8, 4) is 0 Å². The summed E-state index contributed by atoms with van der Waals surface area (Å²) in [6.07, 6.45) is 1.53. The number of aryl methyl sites for hydroxylation is 1. The molecular formula is C11H12OS. The van der Waals surface area contributed by atoms with Crippen LogP contribution in [0.1, 0.15) is 18.1 Å². The van der Waals surface area contributed by atoms with Gasteiger partial charge in [0.25, 0.3) is 0 Å². The molecule has 0 saturated heterocycles. The van der Waals surface area contributed by atoms with E-state index in [1.165, 1.54) is 13.0 Å². The lowest BCUT2D eigenvalue weighted by atomic mass is 10.1. The van der Waals surface area contributed by atoms with Gasteiger partial charge < -0.3 is 0 Å². The van der Waals surface area contributed by atoms with Crippen LogP contribution < -0.4 is 0 Å². The third-order valence-corrected chi connectivity index (χ3v) is 2.13. The number of allylic oxidation sites excluding steroid dienone is 1. The molecule has 0 aliphatic carbocycles. The van der Waals surface area contributed by atoms with Gasteiger partial charge in [-0.25, -0.2) is 0 Å². The summed E-state index contributed by atoms with van der Waals surface area (Å²) in [5.41, 5.74) is 2.14. The van der Waals surface area contributed by atoms with E-state index in [-0.39, 0.29) is 5.78 Å². The largest absolute Gasteiger partial charge is 0.295 e. The van der Waals surface area contributed by atoms with E-state index in [1.807, 2.05) is 31.2 Å². The Kier molecular flexibility index (Phi) is 3.32. The van der Waals surface area contributed by atoms with Crippen molar-refractivity contribution in [1.82, 2.24) is 0 Å². The van der Waals surface area contributed by atoms with Crippen LogP contribution in [0.3, 0.4) is 0 Å². The molecule has 0 bridgehead atoms. The number of ketones is 1. The van der Waals surface area contributed by atoms with Gasteiger partial charge in [0, 0.05) is 4.91 Å². The van der Waals surface area contributed by atoms with Gasteiger partial charge in [0.1, 0.15) is 0 Å². The van der Waals surface area contributed by atoms with Crippen LogP contribution >= 0.6 is 12.6 Å². The molecule has 1 rings (SSSR count). The first-order valence-electron chi connectivity index (χ1n) is 4.08. The molecule has 2 heteroatoms. The summed E-state index contributed by atoms with van der Waals surface area (Å²) in [6.45, 7) is 3.52. The number of carbonyl (C=O) groups is 1. The molecule has 0 heterocycles. The second-order valence-electron chi connectivity index (χ2n) is 2.96. The van der Waals surface area contributed by atoms with Crippen LogP contribution in [0, 0.1) is 6.92 Å². The molecule has 0 unspecified atom stereocenters. The summed E-state index contributed by atoms with van der Waals surface area (Å²) in [5, 5.41) is 0. The summed E-state index contributed by atoms with van der Waals surface area (Å²) < 4.78 is 0. The molecule has 0 radical (unpaired) electrons. The van der Waals surface area contributed by atoms with Crippen LogP contribution in [0.25, 0.3) is 4.91 Å². The van der Waals surface area contributed by atoms with Gasteiger partial charge in [-0.2, -0.15) is 0 Å². The summed E-state index contributed by atoms with van der Waals surface area (Å²) in [7, 11) is 0. The first-order valence-corrected chi connectivity index (χ1v) is 4.53. The van der Waals surface area contributed by atoms with Gasteiger partial charge in [0.15, 0.2) is 5.78 Å². The van der Waals surface area contributed by atoms with E-state index >= 15 is 0 Å². The molecule has 0 aliphatic heterocycles. The van der Waals surface area contributed by atoms with Crippen molar-refractivity contribution < 1.29 is 4.79 Å². The van der Waals surface area contributed by atoms with Crippen LogP contribution in [0.15, 0.2) is 30.3 Å². The molecule has 68 valence electrons. The molecule has 0 fully saturated rings. The third kappa shape index (κ3) is 2.74. The van der Waals surface area contributed by atoms with Crippen LogP contribution in [-0.4, -0.2) is 5.78 Å². The van der Waals surface area contributed by atoms with E-state index < -0.39 is 0 Å². The Morgan fingerprint density at radius 2 is 2.00 bits per heavy atom. The predicted octanol–water partition coefficient (Wildman–Crippen LogP) is 2.85. The lowest BCUT2D eigenvalue weighted by molar-refractivity contribution is -0.112. The highest BCUT2D eigenvalue weighted by atomic mass is 32.1. The van der Waals surface area contributed by atoms with Gasteiger partial charge in [-0.05, 0) is 31.1 Å². The minimum absolute atomic E-state index is 0.0215. The lowest BCUT2D eigenvalue weighted by Crippen LogP contribution is -1.87. The van der Waals surface area contributed by atoms with Gasteiger partial charge >= 0.3 is 0 Å². The van der Waals surface area contributed by atoms with Gasteiger partial charge in [0.05, 0.1) is 0 Å². The number of hydrogen-bond donors (Lipinski definition) is 1. The van der Waals surface area contributed by atoms with E-state index in [2.05, 4.69) is 12.6 Å². The Morgan fingerprint density at radius 3 is 2.54 bits per heavy atom. The molecular weight excluding hydrogens is 180 g/mol. The van der Waals surface area contributed by atoms with Gasteiger partial charge in [0.2, 0.25) is 0 Å². The minimum atomic E-state index is 0.0215. The zero-order chi connectivity index (χ0) is 9.84. The fraction of sp³-hybridized carbons (Fsp3) is 0.182. The standard InChI is InChI=1S/C11H12OS/c1-8-5-3-4-6-10(8)11(13)7-9(2)12/h3-7,13H,1-2H3. The Hall–Kier alpha value is -1.02. The summed E-state index contributed by atoms with van der Waals surface area (Å²) in [4.78, 5) is 11.5. The molecule has 1 aromatic rings. The molecule has 0 aromatic heterocycles. The van der Waals surface area contributed by atoms with E-state index in [0.29, 0.717) is 0 Å². The van der Waals surface area contributed by atoms with Crippen molar-refractivity contribution >= 4 is 23.3 Å². The van der Waals surface area contributed by atoms with Crippen molar-refractivity contribution in [2.24, 2.45) is 0 Å². The van der Waals surface area contributed by atoms with Gasteiger partial charge in [-0.15, -0.1) is 12.6 Å². The van der Waals surface area contributed by atoms with Crippen LogP contribution in [0.5, 0.6) is 0 Å². The number of benzene rings is 1. The van der Waals surface area contributed by atoms with E-state index in [1.54, 1.807) is 0 Å². The number of rotatable bonds is 2. The molecule has 13 heavy (non-hydrogen) atoms. The SMILES string of the molecule is CC(=O)C=C(S)c1ccccc1C. The molecule has 0 atom stereocenters. The fourth-order valence-corrected chi connectivity index (χ4v) is 1.56. The smallest absolute Gasteiger partial charge is 0.153 e. The highest BCUT2D eigenvalue weighted by molar-refractivity contribution is 7.90. The summed E-state index contributed by atoms with van der Waals surface area (Å²) >= 11 is 4.27. The summed E-state index contributed by atoms with van der Waals surface area (Å²) in [6, 6.07) is 7.86. The zero-order valence-electron chi connectivity index (χ0n) is 7.74. The van der Waals surface area contributed by atoms with Crippen LogP contribution in [0.2, 0.25) is 0 Å². The van der Waals surface area contributed by atoms with E-state index in [0.717, 1.165) is 16.0 Å². The maximum atomic E-state index is 10.8. The number of hydrogen-bond acceptors (Lipinski definition) is 2. The quantitative estimate of drug-likeness (QED) is 0.563. The molecule has 0 spiro atoms. The molecule has 1 aromatic carbocycles. The number of thiol groups is 1. The predicted molar refractivity (Wildman–Crippen MR) is 58.8 cm³/mol. The average molecular weight is 192 g/mol. The van der Waals surface area contributed by atoms with Crippen molar-refractivity contribution in [1.29, 1.82) is 0 Å². The van der Waals surface area contributed by atoms with Crippen molar-refractivity contribution in [3.05, 3.63) is 41.5 Å². The monoisotopic (exact) mass is 192 g/mol. The van der Waals surface area contributed by atoms with Gasteiger partial charge in [-0.1, -0.05) is 24.3 Å². The first kappa shape index (κ1) is 10.1. The van der Waals surface area contributed by atoms with Gasteiger partial charge in [-0.3, -0.25) is 4.79 Å². The minimum Gasteiger partial charge on any atom is -0.295 e. The summed E-state index contributed by atoms with van der Waals surface area (Å²) in [5.74, 6) is 0.0215. The Balaban J connectivity index is 3.08. The molecule has 1 nitrogen and oxygen atoms in total. The zero-order valence-corrected chi connectivity index (χ0v) is 8.64. The lowest BCUT2D eigenvalue weighted by Gasteiger charge is -2.03. The maximum absolute atomic E-state index is 10.8. The van der Waals surface area contributed by atoms with Crippen molar-refractivity contribution in [2.45, 2.75) is 13.8 Å². The molecule has 0 amide bonds. The normalized spacial score (nSPS) is 11.5. The second-order valence-corrected chi connectivity index (χ2v) is 3.44. The Bertz CT molecular complexity index is 353. The molecule has 0 N–H and O–H groups in total. The van der Waals surface area contributed by atoms with E-state index in [9.17, 15) is 4.79 Å². The topological polar surface area (TPSA) is 17.1 Å². The molecule has 0 saturated carbocycles. The molecule has 0 aliphatic rings. The first-order chi connectivity index (χ1) is 6.11. The Morgan fingerprint density at radius 1 is 1.38 bits per heavy atom. The van der Waals surface area contributed by atoms with Crippen LogP contribution in [-0.2, 0) is 4.79 Å². The van der Waals surface area contributed by atoms with Crippen molar-refractivity contribution in [2.75, 3.05) is 0 Å².